The molecular weight excluding hydrogens is 168 g/mol. The first-order chi connectivity index (χ1) is 6.15. The van der Waals surface area contributed by atoms with E-state index < -0.39 is 0 Å². The molecule has 13 heavy (non-hydrogen) atoms. The Balaban J connectivity index is 3.99. The van der Waals surface area contributed by atoms with Gasteiger partial charge >= 0.3 is 0 Å². The van der Waals surface area contributed by atoms with Crippen LogP contribution in [-0.4, -0.2) is 11.9 Å². The molecule has 0 aromatic carbocycles. The first kappa shape index (κ1) is 11.4. The average Bonchev–Trinajstić information content (AvgIpc) is 2.06. The van der Waals surface area contributed by atoms with E-state index in [0.717, 1.165) is 12.8 Å². The molecule has 0 saturated heterocycles. The highest BCUT2D eigenvalue weighted by Gasteiger charge is 2.14. The highest BCUT2D eigenvalue weighted by atomic mass is 16.2. The zero-order valence-electron chi connectivity index (χ0n) is 7.85. The fraction of sp³-hybridized carbons (Fsp3) is 0.625. The van der Waals surface area contributed by atoms with Gasteiger partial charge in [-0.2, -0.15) is 5.26 Å². The highest BCUT2D eigenvalue weighted by Crippen LogP contribution is 2.06. The molecule has 0 rings (SSSR count). The van der Waals surface area contributed by atoms with Gasteiger partial charge in [-0.05, 0) is 12.8 Å². The monoisotopic (exact) mass is 182 g/mol. The van der Waals surface area contributed by atoms with Gasteiger partial charge in [0, 0.05) is 5.92 Å². The average molecular weight is 182 g/mol. The molecule has 0 aromatic heterocycles. The largest absolute Gasteiger partial charge is 0.296 e. The lowest BCUT2D eigenvalue weighted by molar-refractivity contribution is -0.123. The summed E-state index contributed by atoms with van der Waals surface area (Å²) in [6.45, 7) is 3.82. The molecule has 0 aliphatic rings. The number of nitrogens with one attached hydrogen (secondary N) is 3. The van der Waals surface area contributed by atoms with Gasteiger partial charge in [0.1, 0.15) is 0 Å². The standard InChI is InChI=1S/C8H14N4O/c1-3-6(4-2)7(13)12-8(10)11-5-9/h6H,3-4H2,1-2H3,(H3,10,11,12,13). The summed E-state index contributed by atoms with van der Waals surface area (Å²) in [7, 11) is 0. The minimum Gasteiger partial charge on any atom is -0.296 e. The Morgan fingerprint density at radius 3 is 2.46 bits per heavy atom. The summed E-state index contributed by atoms with van der Waals surface area (Å²) >= 11 is 0. The Hall–Kier alpha value is -1.57. The van der Waals surface area contributed by atoms with Crippen molar-refractivity contribution in [1.82, 2.24) is 10.6 Å². The molecule has 72 valence electrons. The Morgan fingerprint density at radius 1 is 1.54 bits per heavy atom. The van der Waals surface area contributed by atoms with Crippen molar-refractivity contribution in [2.24, 2.45) is 5.92 Å². The second kappa shape index (κ2) is 6.00. The van der Waals surface area contributed by atoms with Crippen LogP contribution < -0.4 is 10.6 Å². The lowest BCUT2D eigenvalue weighted by Gasteiger charge is -2.11. The van der Waals surface area contributed by atoms with Crippen LogP contribution in [0.25, 0.3) is 0 Å². The van der Waals surface area contributed by atoms with Crippen molar-refractivity contribution in [1.29, 1.82) is 10.7 Å². The number of carbonyl (C=O) groups is 1. The molecule has 0 heterocycles. The zero-order chi connectivity index (χ0) is 10.3. The third-order valence-corrected chi connectivity index (χ3v) is 1.79. The molecule has 0 atom stereocenters. The zero-order valence-corrected chi connectivity index (χ0v) is 7.85. The van der Waals surface area contributed by atoms with Crippen molar-refractivity contribution in [3.63, 3.8) is 0 Å². The lowest BCUT2D eigenvalue weighted by Crippen LogP contribution is -2.41. The van der Waals surface area contributed by atoms with Crippen molar-refractivity contribution in [3.05, 3.63) is 0 Å². The minimum absolute atomic E-state index is 0.0826. The summed E-state index contributed by atoms with van der Waals surface area (Å²) in [4.78, 5) is 11.3. The molecule has 0 aliphatic heterocycles. The number of hydrogen-bond acceptors (Lipinski definition) is 3. The van der Waals surface area contributed by atoms with Crippen molar-refractivity contribution in [2.75, 3.05) is 0 Å². The topological polar surface area (TPSA) is 88.8 Å². The molecule has 0 unspecified atom stereocenters. The first-order valence-corrected chi connectivity index (χ1v) is 4.20. The molecule has 0 radical (unpaired) electrons. The van der Waals surface area contributed by atoms with Crippen LogP contribution in [0.2, 0.25) is 0 Å². The fourth-order valence-corrected chi connectivity index (χ4v) is 0.972. The molecule has 1 amide bonds. The van der Waals surface area contributed by atoms with Gasteiger partial charge in [-0.3, -0.25) is 20.8 Å². The third-order valence-electron chi connectivity index (χ3n) is 1.79. The van der Waals surface area contributed by atoms with E-state index in [1.54, 1.807) is 6.19 Å². The summed E-state index contributed by atoms with van der Waals surface area (Å²) in [6, 6.07) is 0. The molecule has 0 aliphatic carbocycles. The molecule has 0 spiro atoms. The Kier molecular flexibility index (Phi) is 5.28. The molecular formula is C8H14N4O. The highest BCUT2D eigenvalue weighted by molar-refractivity contribution is 5.96. The molecule has 0 fully saturated rings. The van der Waals surface area contributed by atoms with Crippen molar-refractivity contribution >= 4 is 11.9 Å². The maximum Gasteiger partial charge on any atom is 0.229 e. The molecule has 0 saturated carbocycles. The summed E-state index contributed by atoms with van der Waals surface area (Å²) in [5, 5.41) is 19.6. The van der Waals surface area contributed by atoms with E-state index in [0.29, 0.717) is 0 Å². The van der Waals surface area contributed by atoms with E-state index in [1.165, 1.54) is 0 Å². The summed E-state index contributed by atoms with van der Waals surface area (Å²) in [5.74, 6) is -0.557. The quantitative estimate of drug-likeness (QED) is 0.257. The predicted molar refractivity (Wildman–Crippen MR) is 48.7 cm³/mol. The summed E-state index contributed by atoms with van der Waals surface area (Å²) < 4.78 is 0. The molecule has 5 heteroatoms. The number of nitrogens with zero attached hydrogens (tertiary/aromatic N) is 1. The van der Waals surface area contributed by atoms with Gasteiger partial charge in [-0.25, -0.2) is 0 Å². The lowest BCUT2D eigenvalue weighted by atomic mass is 10.0. The number of guanidine groups is 1. The van der Waals surface area contributed by atoms with Gasteiger partial charge in [-0.15, -0.1) is 0 Å². The van der Waals surface area contributed by atoms with Crippen molar-refractivity contribution in [3.8, 4) is 6.19 Å². The number of hydrogen-bond donors (Lipinski definition) is 3. The Labute approximate surface area is 77.6 Å². The minimum atomic E-state index is -0.264. The first-order valence-electron chi connectivity index (χ1n) is 4.20. The van der Waals surface area contributed by atoms with Crippen LogP contribution in [0.4, 0.5) is 0 Å². The van der Waals surface area contributed by atoms with E-state index in [2.05, 4.69) is 5.32 Å². The van der Waals surface area contributed by atoms with Gasteiger partial charge in [0.05, 0.1) is 0 Å². The van der Waals surface area contributed by atoms with E-state index >= 15 is 0 Å². The van der Waals surface area contributed by atoms with Gasteiger partial charge in [0.15, 0.2) is 6.19 Å². The van der Waals surface area contributed by atoms with E-state index in [9.17, 15) is 4.79 Å². The van der Waals surface area contributed by atoms with Crippen LogP contribution in [-0.2, 0) is 4.79 Å². The smallest absolute Gasteiger partial charge is 0.229 e. The predicted octanol–water partition coefficient (Wildman–Crippen LogP) is 0.544. The third kappa shape index (κ3) is 4.11. The number of nitriles is 1. The molecule has 5 nitrogen and oxygen atoms in total. The Bertz CT molecular complexity index is 227. The van der Waals surface area contributed by atoms with E-state index in [1.807, 2.05) is 19.2 Å². The van der Waals surface area contributed by atoms with Gasteiger partial charge in [-0.1, -0.05) is 13.8 Å². The maximum absolute atomic E-state index is 11.3. The number of carbonyl (C=O) groups excluding carboxylic acids is 1. The Morgan fingerprint density at radius 2 is 2.08 bits per heavy atom. The van der Waals surface area contributed by atoms with Crippen LogP contribution in [0.15, 0.2) is 0 Å². The SMILES string of the molecule is CCC(CC)C(=O)NC(=N)NC#N. The maximum atomic E-state index is 11.3. The van der Waals surface area contributed by atoms with E-state index in [4.69, 9.17) is 10.7 Å². The van der Waals surface area contributed by atoms with Crippen LogP contribution in [0.5, 0.6) is 0 Å². The number of amides is 1. The molecule has 0 aromatic rings. The van der Waals surface area contributed by atoms with Gasteiger partial charge in [0.2, 0.25) is 11.9 Å². The van der Waals surface area contributed by atoms with Gasteiger partial charge < -0.3 is 0 Å². The van der Waals surface area contributed by atoms with Crippen molar-refractivity contribution in [2.45, 2.75) is 26.7 Å². The number of rotatable bonds is 3. The fourth-order valence-electron chi connectivity index (χ4n) is 0.972. The molecule has 0 bridgehead atoms. The van der Waals surface area contributed by atoms with Crippen LogP contribution in [0.3, 0.4) is 0 Å². The van der Waals surface area contributed by atoms with Crippen LogP contribution in [0, 0.1) is 22.8 Å². The van der Waals surface area contributed by atoms with Crippen molar-refractivity contribution < 1.29 is 4.79 Å². The second-order valence-electron chi connectivity index (χ2n) is 2.61. The summed E-state index contributed by atoms with van der Waals surface area (Å²) in [6.07, 6.45) is 3.04. The van der Waals surface area contributed by atoms with Crippen LogP contribution >= 0.6 is 0 Å². The van der Waals surface area contributed by atoms with Gasteiger partial charge in [0.25, 0.3) is 0 Å². The second-order valence-corrected chi connectivity index (χ2v) is 2.61. The normalized spacial score (nSPS) is 9.08. The summed E-state index contributed by atoms with van der Waals surface area (Å²) in [5.41, 5.74) is 0. The van der Waals surface area contributed by atoms with Crippen LogP contribution in [0.1, 0.15) is 26.7 Å². The van der Waals surface area contributed by atoms with E-state index in [-0.39, 0.29) is 17.8 Å². The molecule has 3 N–H and O–H groups in total.